The van der Waals surface area contributed by atoms with E-state index in [1.807, 2.05) is 34.6 Å². The Hall–Kier alpha value is -0.500. The lowest BCUT2D eigenvalue weighted by Crippen LogP contribution is -2.30. The van der Waals surface area contributed by atoms with Crippen molar-refractivity contribution in [1.82, 2.24) is 0 Å². The van der Waals surface area contributed by atoms with E-state index in [0.717, 1.165) is 0 Å². The molecular formula is C12H21ClO2. The summed E-state index contributed by atoms with van der Waals surface area (Å²) in [6, 6.07) is 0. The lowest BCUT2D eigenvalue weighted by molar-refractivity contribution is -0.161. The monoisotopic (exact) mass is 232 g/mol. The first-order valence-corrected chi connectivity index (χ1v) is 5.69. The number of carbonyl (C=O) groups excluding carboxylic acids is 1. The highest BCUT2D eigenvalue weighted by Crippen LogP contribution is 2.21. The fraction of sp³-hybridized carbons (Fsp3) is 0.750. The summed E-state index contributed by atoms with van der Waals surface area (Å²) in [7, 11) is 0. The Bertz CT molecular complexity index is 226. The first kappa shape index (κ1) is 14.5. The molecule has 0 aromatic heterocycles. The molecule has 0 bridgehead atoms. The van der Waals surface area contributed by atoms with Gasteiger partial charge < -0.3 is 4.74 Å². The number of allylic oxidation sites excluding steroid dienone is 1. The highest BCUT2D eigenvalue weighted by atomic mass is 35.5. The van der Waals surface area contributed by atoms with Gasteiger partial charge in [0.25, 0.3) is 0 Å². The van der Waals surface area contributed by atoms with E-state index < -0.39 is 5.60 Å². The zero-order valence-corrected chi connectivity index (χ0v) is 11.0. The lowest BCUT2D eigenvalue weighted by atomic mass is 9.92. The van der Waals surface area contributed by atoms with Crippen LogP contribution < -0.4 is 0 Å². The molecule has 0 saturated carbocycles. The quantitative estimate of drug-likeness (QED) is 0.691. The highest BCUT2D eigenvalue weighted by molar-refractivity contribution is 6.25. The van der Waals surface area contributed by atoms with Crippen LogP contribution in [0.15, 0.2) is 11.6 Å². The second-order valence-electron chi connectivity index (χ2n) is 4.98. The van der Waals surface area contributed by atoms with Gasteiger partial charge in [-0.1, -0.05) is 31.5 Å². The summed E-state index contributed by atoms with van der Waals surface area (Å²) in [5, 5.41) is 0. The smallest absolute Gasteiger partial charge is 0.310 e. The molecule has 1 atom stereocenters. The Morgan fingerprint density at radius 2 is 1.93 bits per heavy atom. The van der Waals surface area contributed by atoms with E-state index in [0.29, 0.717) is 6.42 Å². The standard InChI is InChI=1S/C12H21ClO2/c1-9(2)10(7-6-8-13)11(14)15-12(3,4)5/h6,8-10H,7H2,1-5H3/b8-6+. The Morgan fingerprint density at radius 3 is 2.27 bits per heavy atom. The van der Waals surface area contributed by atoms with Crippen molar-refractivity contribution in [3.63, 3.8) is 0 Å². The third-order valence-electron chi connectivity index (χ3n) is 1.99. The normalized spacial score (nSPS) is 14.6. The number of rotatable bonds is 4. The Morgan fingerprint density at radius 1 is 1.40 bits per heavy atom. The van der Waals surface area contributed by atoms with Gasteiger partial charge in [0.1, 0.15) is 5.60 Å². The molecule has 3 heteroatoms. The largest absolute Gasteiger partial charge is 0.460 e. The Kier molecular flexibility index (Phi) is 5.96. The maximum Gasteiger partial charge on any atom is 0.310 e. The van der Waals surface area contributed by atoms with Crippen LogP contribution >= 0.6 is 11.6 Å². The molecule has 0 rings (SSSR count). The van der Waals surface area contributed by atoms with Crippen LogP contribution in [0.25, 0.3) is 0 Å². The molecule has 0 aliphatic heterocycles. The first-order valence-electron chi connectivity index (χ1n) is 5.26. The van der Waals surface area contributed by atoms with E-state index in [9.17, 15) is 4.79 Å². The summed E-state index contributed by atoms with van der Waals surface area (Å²) in [4.78, 5) is 11.8. The lowest BCUT2D eigenvalue weighted by Gasteiger charge is -2.25. The maximum atomic E-state index is 11.8. The number of halogens is 1. The average molecular weight is 233 g/mol. The van der Waals surface area contributed by atoms with Gasteiger partial charge in [0.2, 0.25) is 0 Å². The summed E-state index contributed by atoms with van der Waals surface area (Å²) in [6.07, 6.45) is 2.42. The molecule has 0 aliphatic rings. The van der Waals surface area contributed by atoms with Crippen LogP contribution in [0, 0.1) is 11.8 Å². The molecule has 0 aromatic carbocycles. The van der Waals surface area contributed by atoms with Gasteiger partial charge in [0, 0.05) is 5.54 Å². The molecule has 88 valence electrons. The van der Waals surface area contributed by atoms with Crippen LogP contribution in [0.3, 0.4) is 0 Å². The minimum absolute atomic E-state index is 0.112. The predicted molar refractivity (Wildman–Crippen MR) is 63.8 cm³/mol. The fourth-order valence-corrected chi connectivity index (χ4v) is 1.32. The fourth-order valence-electron chi connectivity index (χ4n) is 1.22. The third-order valence-corrected chi connectivity index (χ3v) is 2.17. The zero-order chi connectivity index (χ0) is 12.1. The van der Waals surface area contributed by atoms with Gasteiger partial charge in [0.15, 0.2) is 0 Å². The van der Waals surface area contributed by atoms with Crippen molar-refractivity contribution in [2.75, 3.05) is 0 Å². The van der Waals surface area contributed by atoms with Crippen molar-refractivity contribution in [1.29, 1.82) is 0 Å². The number of hydrogen-bond donors (Lipinski definition) is 0. The number of esters is 1. The summed E-state index contributed by atoms with van der Waals surface area (Å²) < 4.78 is 5.34. The summed E-state index contributed by atoms with van der Waals surface area (Å²) in [6.45, 7) is 9.65. The van der Waals surface area contributed by atoms with Crippen molar-refractivity contribution in [2.45, 2.75) is 46.6 Å². The molecule has 15 heavy (non-hydrogen) atoms. The molecule has 0 N–H and O–H groups in total. The topological polar surface area (TPSA) is 26.3 Å². The number of ether oxygens (including phenoxy) is 1. The molecule has 0 spiro atoms. The molecular weight excluding hydrogens is 212 g/mol. The van der Waals surface area contributed by atoms with Crippen LogP contribution in [0.2, 0.25) is 0 Å². The maximum absolute atomic E-state index is 11.8. The molecule has 0 aromatic rings. The molecule has 0 fully saturated rings. The minimum atomic E-state index is -0.422. The van der Waals surface area contributed by atoms with Crippen molar-refractivity contribution in [2.24, 2.45) is 11.8 Å². The van der Waals surface area contributed by atoms with Crippen LogP contribution in [0.5, 0.6) is 0 Å². The van der Waals surface area contributed by atoms with Crippen LogP contribution in [0.1, 0.15) is 41.0 Å². The molecule has 0 amide bonds. The Balaban J connectivity index is 4.43. The van der Waals surface area contributed by atoms with Crippen LogP contribution in [-0.4, -0.2) is 11.6 Å². The van der Waals surface area contributed by atoms with E-state index in [4.69, 9.17) is 16.3 Å². The van der Waals surface area contributed by atoms with Crippen LogP contribution in [-0.2, 0) is 9.53 Å². The van der Waals surface area contributed by atoms with Gasteiger partial charge in [-0.3, -0.25) is 4.79 Å². The Labute approximate surface area is 97.6 Å². The average Bonchev–Trinajstić information content (AvgIpc) is 2.00. The molecule has 0 radical (unpaired) electrons. The van der Waals surface area contributed by atoms with Gasteiger partial charge in [-0.15, -0.1) is 0 Å². The van der Waals surface area contributed by atoms with Crippen LogP contribution in [0.4, 0.5) is 0 Å². The van der Waals surface area contributed by atoms with Gasteiger partial charge in [0.05, 0.1) is 5.92 Å². The van der Waals surface area contributed by atoms with E-state index in [-0.39, 0.29) is 17.8 Å². The van der Waals surface area contributed by atoms with Crippen molar-refractivity contribution in [3.8, 4) is 0 Å². The van der Waals surface area contributed by atoms with Crippen molar-refractivity contribution >= 4 is 17.6 Å². The van der Waals surface area contributed by atoms with Gasteiger partial charge >= 0.3 is 5.97 Å². The van der Waals surface area contributed by atoms with E-state index >= 15 is 0 Å². The molecule has 1 unspecified atom stereocenters. The predicted octanol–water partition coefficient (Wildman–Crippen LogP) is 3.74. The SMILES string of the molecule is CC(C)C(C/C=C/Cl)C(=O)OC(C)(C)C. The van der Waals surface area contributed by atoms with E-state index in [2.05, 4.69) is 0 Å². The summed E-state index contributed by atoms with van der Waals surface area (Å²) in [5.74, 6) is -0.000733. The second-order valence-corrected chi connectivity index (χ2v) is 5.23. The second kappa shape index (κ2) is 6.16. The van der Waals surface area contributed by atoms with E-state index in [1.54, 1.807) is 6.08 Å². The summed E-state index contributed by atoms with van der Waals surface area (Å²) in [5.41, 5.74) is 1.02. The highest BCUT2D eigenvalue weighted by Gasteiger charge is 2.26. The minimum Gasteiger partial charge on any atom is -0.460 e. The first-order chi connectivity index (χ1) is 6.78. The van der Waals surface area contributed by atoms with E-state index in [1.165, 1.54) is 5.54 Å². The van der Waals surface area contributed by atoms with Gasteiger partial charge in [-0.25, -0.2) is 0 Å². The number of carbonyl (C=O) groups is 1. The summed E-state index contributed by atoms with van der Waals surface area (Å²) >= 11 is 5.46. The molecule has 0 heterocycles. The third kappa shape index (κ3) is 6.56. The molecule has 0 aliphatic carbocycles. The van der Waals surface area contributed by atoms with Gasteiger partial charge in [-0.05, 0) is 33.1 Å². The number of hydrogen-bond acceptors (Lipinski definition) is 2. The van der Waals surface area contributed by atoms with Gasteiger partial charge in [-0.2, -0.15) is 0 Å². The van der Waals surface area contributed by atoms with Crippen molar-refractivity contribution in [3.05, 3.63) is 11.6 Å². The van der Waals surface area contributed by atoms with Crippen molar-refractivity contribution < 1.29 is 9.53 Å². The molecule has 2 nitrogen and oxygen atoms in total. The zero-order valence-electron chi connectivity index (χ0n) is 10.2. The molecule has 0 saturated heterocycles.